The Morgan fingerprint density at radius 1 is 1.00 bits per heavy atom. The lowest BCUT2D eigenvalue weighted by molar-refractivity contribution is -0.138. The Balaban J connectivity index is 1.70. The monoisotopic (exact) mass is 505 g/mol. The molecule has 3 rings (SSSR count). The highest BCUT2D eigenvalue weighted by molar-refractivity contribution is 5.97. The number of carboxylic acids is 1. The van der Waals surface area contributed by atoms with E-state index in [9.17, 15) is 27.2 Å². The number of hydrogen-bond acceptors (Lipinski definition) is 4. The van der Waals surface area contributed by atoms with Crippen molar-refractivity contribution in [3.05, 3.63) is 88.2 Å². The number of aliphatic carboxylic acids is 1. The fraction of sp³-hybridized carbons (Fsp3) is 0.231. The van der Waals surface area contributed by atoms with E-state index in [0.29, 0.717) is 17.7 Å². The van der Waals surface area contributed by atoms with Gasteiger partial charge in [0.25, 0.3) is 5.91 Å². The maximum atomic E-state index is 14.2. The van der Waals surface area contributed by atoms with Gasteiger partial charge in [0.15, 0.2) is 0 Å². The van der Waals surface area contributed by atoms with Gasteiger partial charge in [-0.1, -0.05) is 6.07 Å². The first-order chi connectivity index (χ1) is 17.0. The standard InChI is InChI=1S/C26H23F4NO5/c1-15-9-20(6-3-17(15)4-8-24(32)33)36-21-11-16(10-19(27)13-21)14-31-25(34)22-7-5-18(26(28,29)30)12-23(22)35-2/h3,5-7,9-13H,4,8,14H2,1-2H3,(H,31,34)(H,32,33). The third-order valence-electron chi connectivity index (χ3n) is 5.32. The average Bonchev–Trinajstić information content (AvgIpc) is 2.80. The van der Waals surface area contributed by atoms with E-state index >= 15 is 0 Å². The molecule has 0 atom stereocenters. The number of methoxy groups -OCH3 is 1. The van der Waals surface area contributed by atoms with Gasteiger partial charge in [0, 0.05) is 19.0 Å². The van der Waals surface area contributed by atoms with Crippen LogP contribution in [0.15, 0.2) is 54.6 Å². The molecule has 0 aliphatic rings. The van der Waals surface area contributed by atoms with Gasteiger partial charge in [0.1, 0.15) is 23.1 Å². The molecule has 0 aliphatic carbocycles. The van der Waals surface area contributed by atoms with Crippen molar-refractivity contribution in [1.82, 2.24) is 5.32 Å². The molecule has 0 fully saturated rings. The first-order valence-electron chi connectivity index (χ1n) is 10.8. The third-order valence-corrected chi connectivity index (χ3v) is 5.32. The highest BCUT2D eigenvalue weighted by atomic mass is 19.4. The highest BCUT2D eigenvalue weighted by Crippen LogP contribution is 2.33. The first-order valence-corrected chi connectivity index (χ1v) is 10.8. The normalized spacial score (nSPS) is 11.2. The minimum atomic E-state index is -4.59. The van der Waals surface area contributed by atoms with E-state index in [1.807, 2.05) is 6.92 Å². The van der Waals surface area contributed by atoms with Crippen LogP contribution in [-0.2, 0) is 23.9 Å². The SMILES string of the molecule is COc1cc(C(F)(F)F)ccc1C(=O)NCc1cc(F)cc(Oc2ccc(CCC(=O)O)c(C)c2)c1. The van der Waals surface area contributed by atoms with Crippen LogP contribution in [0.3, 0.4) is 0 Å². The number of nitrogens with one attached hydrogen (secondary N) is 1. The zero-order chi connectivity index (χ0) is 26.5. The van der Waals surface area contributed by atoms with Crippen LogP contribution in [0.1, 0.15) is 39.0 Å². The lowest BCUT2D eigenvalue weighted by Crippen LogP contribution is -2.23. The molecule has 0 bridgehead atoms. The van der Waals surface area contributed by atoms with Crippen LogP contribution in [0, 0.1) is 12.7 Å². The molecule has 0 radical (unpaired) electrons. The smallest absolute Gasteiger partial charge is 0.416 e. The first kappa shape index (κ1) is 26.5. The highest BCUT2D eigenvalue weighted by Gasteiger charge is 2.31. The molecule has 3 aromatic carbocycles. The predicted octanol–water partition coefficient (Wildman–Crippen LogP) is 5.90. The number of halogens is 4. The number of carbonyl (C=O) groups is 2. The summed E-state index contributed by atoms with van der Waals surface area (Å²) in [4.78, 5) is 23.3. The van der Waals surface area contributed by atoms with E-state index in [0.717, 1.165) is 42.5 Å². The zero-order valence-electron chi connectivity index (χ0n) is 19.4. The number of carbonyl (C=O) groups excluding carboxylic acids is 1. The van der Waals surface area contributed by atoms with Crippen molar-refractivity contribution < 1.29 is 41.7 Å². The van der Waals surface area contributed by atoms with Crippen LogP contribution in [-0.4, -0.2) is 24.1 Å². The maximum absolute atomic E-state index is 14.2. The number of hydrogen-bond donors (Lipinski definition) is 2. The number of rotatable bonds is 9. The molecule has 10 heteroatoms. The molecule has 6 nitrogen and oxygen atoms in total. The van der Waals surface area contributed by atoms with Gasteiger partial charge < -0.3 is 19.9 Å². The molecule has 0 spiro atoms. The Kier molecular flexibility index (Phi) is 8.18. The number of ether oxygens (including phenoxy) is 2. The molecule has 0 aliphatic heterocycles. The van der Waals surface area contributed by atoms with Crippen LogP contribution in [0.2, 0.25) is 0 Å². The minimum absolute atomic E-state index is 0.00162. The van der Waals surface area contributed by atoms with Crippen molar-refractivity contribution in [2.75, 3.05) is 7.11 Å². The summed E-state index contributed by atoms with van der Waals surface area (Å²) < 4.78 is 63.6. The second-order valence-electron chi connectivity index (χ2n) is 7.97. The molecule has 36 heavy (non-hydrogen) atoms. The summed E-state index contributed by atoms with van der Waals surface area (Å²) in [5, 5.41) is 11.4. The van der Waals surface area contributed by atoms with Crippen molar-refractivity contribution in [2.24, 2.45) is 0 Å². The van der Waals surface area contributed by atoms with Gasteiger partial charge in [-0.2, -0.15) is 13.2 Å². The zero-order valence-corrected chi connectivity index (χ0v) is 19.4. The van der Waals surface area contributed by atoms with Gasteiger partial charge in [-0.3, -0.25) is 9.59 Å². The van der Waals surface area contributed by atoms with Crippen molar-refractivity contribution in [1.29, 1.82) is 0 Å². The van der Waals surface area contributed by atoms with Crippen molar-refractivity contribution in [3.8, 4) is 17.2 Å². The number of amides is 1. The largest absolute Gasteiger partial charge is 0.496 e. The van der Waals surface area contributed by atoms with Crippen LogP contribution in [0.4, 0.5) is 17.6 Å². The van der Waals surface area contributed by atoms with Crippen molar-refractivity contribution >= 4 is 11.9 Å². The Labute approximate surface area is 204 Å². The molecule has 3 aromatic rings. The van der Waals surface area contributed by atoms with Crippen LogP contribution in [0.5, 0.6) is 17.2 Å². The molecule has 0 saturated carbocycles. The van der Waals surface area contributed by atoms with Crippen LogP contribution in [0.25, 0.3) is 0 Å². The summed E-state index contributed by atoms with van der Waals surface area (Å²) in [5.74, 6) is -1.86. The molecule has 1 amide bonds. The molecule has 0 aromatic heterocycles. The van der Waals surface area contributed by atoms with Gasteiger partial charge in [-0.15, -0.1) is 0 Å². The summed E-state index contributed by atoms with van der Waals surface area (Å²) >= 11 is 0. The Morgan fingerprint density at radius 2 is 1.75 bits per heavy atom. The summed E-state index contributed by atoms with van der Waals surface area (Å²) in [7, 11) is 1.16. The van der Waals surface area contributed by atoms with Gasteiger partial charge in [0.05, 0.1) is 18.2 Å². The van der Waals surface area contributed by atoms with Crippen LogP contribution < -0.4 is 14.8 Å². The predicted molar refractivity (Wildman–Crippen MR) is 123 cm³/mol. The number of aryl methyl sites for hydroxylation is 2. The molecule has 0 unspecified atom stereocenters. The van der Waals surface area contributed by atoms with E-state index in [-0.39, 0.29) is 30.0 Å². The van der Waals surface area contributed by atoms with E-state index < -0.39 is 29.4 Å². The fourth-order valence-corrected chi connectivity index (χ4v) is 3.50. The molecular weight excluding hydrogens is 482 g/mol. The van der Waals surface area contributed by atoms with E-state index in [2.05, 4.69) is 5.32 Å². The molecule has 0 saturated heterocycles. The number of benzene rings is 3. The molecule has 190 valence electrons. The lowest BCUT2D eigenvalue weighted by atomic mass is 10.0. The molecular formula is C26H23F4NO5. The minimum Gasteiger partial charge on any atom is -0.496 e. The van der Waals surface area contributed by atoms with E-state index in [1.165, 1.54) is 12.1 Å². The van der Waals surface area contributed by atoms with Crippen LogP contribution >= 0.6 is 0 Å². The van der Waals surface area contributed by atoms with Crippen molar-refractivity contribution in [2.45, 2.75) is 32.5 Å². The average molecular weight is 505 g/mol. The Morgan fingerprint density at radius 3 is 2.39 bits per heavy atom. The maximum Gasteiger partial charge on any atom is 0.416 e. The summed E-state index contributed by atoms with van der Waals surface area (Å²) in [5.41, 5.74) is 0.984. The van der Waals surface area contributed by atoms with E-state index in [4.69, 9.17) is 14.6 Å². The molecule has 2 N–H and O–H groups in total. The van der Waals surface area contributed by atoms with Crippen molar-refractivity contribution in [3.63, 3.8) is 0 Å². The van der Waals surface area contributed by atoms with Gasteiger partial charge in [-0.25, -0.2) is 4.39 Å². The fourth-order valence-electron chi connectivity index (χ4n) is 3.50. The lowest BCUT2D eigenvalue weighted by Gasteiger charge is -2.13. The summed E-state index contributed by atoms with van der Waals surface area (Å²) in [6.45, 7) is 1.69. The second-order valence-corrected chi connectivity index (χ2v) is 7.97. The summed E-state index contributed by atoms with van der Waals surface area (Å²) in [6, 6.07) is 11.5. The molecule has 0 heterocycles. The van der Waals surface area contributed by atoms with Gasteiger partial charge >= 0.3 is 12.1 Å². The topological polar surface area (TPSA) is 84.9 Å². The number of carboxylic acid groups (broad SMARTS) is 1. The Bertz CT molecular complexity index is 1270. The van der Waals surface area contributed by atoms with Gasteiger partial charge in [-0.05, 0) is 72.5 Å². The second kappa shape index (κ2) is 11.1. The number of alkyl halides is 3. The quantitative estimate of drug-likeness (QED) is 0.354. The third kappa shape index (κ3) is 6.97. The van der Waals surface area contributed by atoms with E-state index in [1.54, 1.807) is 18.2 Å². The van der Waals surface area contributed by atoms with Gasteiger partial charge in [0.2, 0.25) is 0 Å². The Hall–Kier alpha value is -4.08. The summed E-state index contributed by atoms with van der Waals surface area (Å²) in [6.07, 6.45) is -4.22.